The van der Waals surface area contributed by atoms with Crippen LogP contribution in [0.2, 0.25) is 0 Å². The van der Waals surface area contributed by atoms with E-state index in [1.165, 1.54) is 6.33 Å². The average molecular weight is 441 g/mol. The van der Waals surface area contributed by atoms with Gasteiger partial charge in [-0.3, -0.25) is 4.79 Å². The summed E-state index contributed by atoms with van der Waals surface area (Å²) in [6, 6.07) is -0.630. The second kappa shape index (κ2) is 9.53. The fourth-order valence-corrected chi connectivity index (χ4v) is 3.71. The van der Waals surface area contributed by atoms with Gasteiger partial charge in [-0.2, -0.15) is 0 Å². The number of imidazole rings is 1. The molecule has 3 aromatic heterocycles. The minimum atomic E-state index is -0.630. The maximum atomic E-state index is 13.3. The number of hydrogen-bond acceptors (Lipinski definition) is 9. The number of hydrogen-bond donors (Lipinski definition) is 1. The van der Waals surface area contributed by atoms with Gasteiger partial charge in [0.2, 0.25) is 5.91 Å². The molecule has 4 rings (SSSR count). The van der Waals surface area contributed by atoms with Crippen LogP contribution in [0.25, 0.3) is 22.6 Å². The van der Waals surface area contributed by atoms with Crippen LogP contribution >= 0.6 is 0 Å². The largest absolute Gasteiger partial charge is 0.379 e. The van der Waals surface area contributed by atoms with Crippen LogP contribution in [0.3, 0.4) is 0 Å². The number of fused-ring (bicyclic) bond motifs is 1. The van der Waals surface area contributed by atoms with Crippen molar-refractivity contribution in [1.82, 2.24) is 34.4 Å². The molecule has 1 N–H and O–H groups in total. The Bertz CT molecular complexity index is 1080. The summed E-state index contributed by atoms with van der Waals surface area (Å²) in [6.45, 7) is 8.52. The molecule has 4 heterocycles. The number of carbonyl (C=O) groups is 1. The third-order valence-corrected chi connectivity index (χ3v) is 5.61. The van der Waals surface area contributed by atoms with Crippen LogP contribution in [-0.4, -0.2) is 85.9 Å². The van der Waals surface area contributed by atoms with E-state index in [0.29, 0.717) is 61.5 Å². The van der Waals surface area contributed by atoms with Gasteiger partial charge in [0.05, 0.1) is 24.9 Å². The molecule has 11 nitrogen and oxygen atoms in total. The van der Waals surface area contributed by atoms with Crippen LogP contribution in [-0.2, 0) is 20.8 Å². The van der Waals surface area contributed by atoms with Gasteiger partial charge in [-0.15, -0.1) is 0 Å². The highest BCUT2D eigenvalue weighted by atomic mass is 16.5. The Morgan fingerprint density at radius 1 is 1.22 bits per heavy atom. The van der Waals surface area contributed by atoms with Crippen molar-refractivity contribution in [2.45, 2.75) is 39.5 Å². The van der Waals surface area contributed by atoms with Crippen molar-refractivity contribution < 1.29 is 14.3 Å². The van der Waals surface area contributed by atoms with E-state index >= 15 is 0 Å². The summed E-state index contributed by atoms with van der Waals surface area (Å²) in [7, 11) is 1.59. The molecule has 0 aromatic carbocycles. The van der Waals surface area contributed by atoms with Gasteiger partial charge in [0.25, 0.3) is 0 Å². The van der Waals surface area contributed by atoms with Crippen molar-refractivity contribution in [1.29, 1.82) is 0 Å². The summed E-state index contributed by atoms with van der Waals surface area (Å²) in [5, 5.41) is 3.28. The second-order valence-electron chi connectivity index (χ2n) is 7.59. The zero-order valence-electron chi connectivity index (χ0n) is 18.8. The van der Waals surface area contributed by atoms with E-state index in [1.807, 2.05) is 25.3 Å². The molecule has 0 aliphatic carbocycles. The van der Waals surface area contributed by atoms with E-state index in [0.717, 1.165) is 5.56 Å². The Morgan fingerprint density at radius 2 is 1.94 bits per heavy atom. The van der Waals surface area contributed by atoms with E-state index in [9.17, 15) is 4.79 Å². The zero-order chi connectivity index (χ0) is 22.7. The normalized spacial score (nSPS) is 16.2. The summed E-state index contributed by atoms with van der Waals surface area (Å²) in [6.07, 6.45) is 4.58. The smallest absolute Gasteiger partial charge is 0.247 e. The first-order chi connectivity index (χ1) is 15.5. The van der Waals surface area contributed by atoms with Crippen LogP contribution in [0.1, 0.15) is 19.7 Å². The lowest BCUT2D eigenvalue weighted by Crippen LogP contribution is -2.52. The number of ether oxygens (including phenoxy) is 2. The van der Waals surface area contributed by atoms with Gasteiger partial charge in [0, 0.05) is 39.1 Å². The Balaban J connectivity index is 1.72. The summed E-state index contributed by atoms with van der Waals surface area (Å²) in [4.78, 5) is 37.3. The van der Waals surface area contributed by atoms with E-state index in [-0.39, 0.29) is 12.0 Å². The lowest BCUT2D eigenvalue weighted by Gasteiger charge is -2.32. The predicted molar refractivity (Wildman–Crippen MR) is 118 cm³/mol. The highest BCUT2D eigenvalue weighted by molar-refractivity contribution is 5.90. The number of nitrogens with zero attached hydrogens (tertiary/aromatic N) is 7. The van der Waals surface area contributed by atoms with Gasteiger partial charge in [-0.05, 0) is 20.8 Å². The van der Waals surface area contributed by atoms with E-state index < -0.39 is 6.04 Å². The molecule has 170 valence electrons. The maximum Gasteiger partial charge on any atom is 0.247 e. The van der Waals surface area contributed by atoms with Gasteiger partial charge in [-0.1, -0.05) is 0 Å². The molecule has 1 fully saturated rings. The monoisotopic (exact) mass is 440 g/mol. The van der Waals surface area contributed by atoms with Gasteiger partial charge >= 0.3 is 0 Å². The highest BCUT2D eigenvalue weighted by Crippen LogP contribution is 2.27. The number of amides is 1. The molecular formula is C21H28N8O3. The number of rotatable bonds is 7. The zero-order valence-corrected chi connectivity index (χ0v) is 18.8. The van der Waals surface area contributed by atoms with Gasteiger partial charge in [0.1, 0.15) is 24.0 Å². The molecule has 0 unspecified atom stereocenters. The Kier molecular flexibility index (Phi) is 6.56. The SMILES string of the molecule is CCn1c(-c2cnc(C)nc2)nc2c(N[C@H](C(=O)N3CCOCC3)[C@@H](C)OC)ncnc21. The van der Waals surface area contributed by atoms with Crippen LogP contribution < -0.4 is 5.32 Å². The lowest BCUT2D eigenvalue weighted by atomic mass is 10.1. The summed E-state index contributed by atoms with van der Waals surface area (Å²) < 4.78 is 12.9. The number of aromatic nitrogens is 6. The molecule has 1 aliphatic heterocycles. The Hall–Kier alpha value is -3.18. The fraction of sp³-hybridized carbons (Fsp3) is 0.524. The van der Waals surface area contributed by atoms with Crippen molar-refractivity contribution in [2.24, 2.45) is 0 Å². The van der Waals surface area contributed by atoms with Crippen molar-refractivity contribution in [2.75, 3.05) is 38.7 Å². The van der Waals surface area contributed by atoms with Gasteiger partial charge in [-0.25, -0.2) is 24.9 Å². The second-order valence-corrected chi connectivity index (χ2v) is 7.59. The number of methoxy groups -OCH3 is 1. The molecule has 32 heavy (non-hydrogen) atoms. The Morgan fingerprint density at radius 3 is 2.59 bits per heavy atom. The first kappa shape index (κ1) is 22.0. The third kappa shape index (κ3) is 4.26. The van der Waals surface area contributed by atoms with Crippen LogP contribution in [0.5, 0.6) is 0 Å². The molecule has 0 spiro atoms. The molecule has 1 amide bonds. The number of aryl methyl sites for hydroxylation is 2. The van der Waals surface area contributed by atoms with E-state index in [2.05, 4.69) is 25.3 Å². The first-order valence-corrected chi connectivity index (χ1v) is 10.7. The molecule has 0 bridgehead atoms. The van der Waals surface area contributed by atoms with E-state index in [4.69, 9.17) is 14.5 Å². The number of nitrogens with one attached hydrogen (secondary N) is 1. The summed E-state index contributed by atoms with van der Waals surface area (Å²) in [5.74, 6) is 1.80. The molecular weight excluding hydrogens is 412 g/mol. The summed E-state index contributed by atoms with van der Waals surface area (Å²) >= 11 is 0. The molecule has 11 heteroatoms. The number of carbonyl (C=O) groups excluding carboxylic acids is 1. The van der Waals surface area contributed by atoms with Gasteiger partial charge < -0.3 is 24.3 Å². The fourth-order valence-electron chi connectivity index (χ4n) is 3.71. The quantitative estimate of drug-likeness (QED) is 0.579. The standard InChI is InChI=1S/C21H28N8O3/c1-5-29-19(15-10-22-14(3)23-11-15)27-17-18(24-12-25-20(17)29)26-16(13(2)31-4)21(30)28-6-8-32-9-7-28/h10-13,16H,5-9H2,1-4H3,(H,24,25,26)/t13-,16+/m1/s1. The summed E-state index contributed by atoms with van der Waals surface area (Å²) in [5.41, 5.74) is 2.03. The Labute approximate surface area is 186 Å². The van der Waals surface area contributed by atoms with Crippen LogP contribution in [0.15, 0.2) is 18.7 Å². The third-order valence-electron chi connectivity index (χ3n) is 5.61. The van der Waals surface area contributed by atoms with Crippen LogP contribution in [0, 0.1) is 6.92 Å². The van der Waals surface area contributed by atoms with Gasteiger partial charge in [0.15, 0.2) is 17.0 Å². The van der Waals surface area contributed by atoms with Crippen molar-refractivity contribution in [3.05, 3.63) is 24.5 Å². The predicted octanol–water partition coefficient (Wildman–Crippen LogP) is 1.29. The lowest BCUT2D eigenvalue weighted by molar-refractivity contribution is -0.138. The average Bonchev–Trinajstić information content (AvgIpc) is 3.22. The first-order valence-electron chi connectivity index (χ1n) is 10.7. The topological polar surface area (TPSA) is 120 Å². The maximum absolute atomic E-state index is 13.3. The van der Waals surface area contributed by atoms with E-state index in [1.54, 1.807) is 24.4 Å². The van der Waals surface area contributed by atoms with Crippen LogP contribution in [0.4, 0.5) is 5.82 Å². The highest BCUT2D eigenvalue weighted by Gasteiger charge is 2.32. The van der Waals surface area contributed by atoms with Crippen molar-refractivity contribution in [3.63, 3.8) is 0 Å². The minimum absolute atomic E-state index is 0.0588. The molecule has 0 radical (unpaired) electrons. The molecule has 1 aliphatic rings. The molecule has 1 saturated heterocycles. The molecule has 3 aromatic rings. The number of anilines is 1. The van der Waals surface area contributed by atoms with Crippen molar-refractivity contribution >= 4 is 22.9 Å². The minimum Gasteiger partial charge on any atom is -0.379 e. The molecule has 0 saturated carbocycles. The molecule has 2 atom stereocenters. The number of morpholine rings is 1. The van der Waals surface area contributed by atoms with Crippen molar-refractivity contribution in [3.8, 4) is 11.4 Å².